The first-order chi connectivity index (χ1) is 11.7. The van der Waals surface area contributed by atoms with Crippen molar-refractivity contribution in [3.63, 3.8) is 0 Å². The zero-order valence-electron chi connectivity index (χ0n) is 13.4. The summed E-state index contributed by atoms with van der Waals surface area (Å²) < 4.78 is 17.0. The van der Waals surface area contributed by atoms with E-state index in [2.05, 4.69) is 10.1 Å². The van der Waals surface area contributed by atoms with Crippen molar-refractivity contribution in [1.29, 1.82) is 0 Å². The number of amides is 1. The molecule has 4 heterocycles. The summed E-state index contributed by atoms with van der Waals surface area (Å²) in [4.78, 5) is 18.9. The Hall–Kier alpha value is -2.41. The highest BCUT2D eigenvalue weighted by atomic mass is 16.5. The van der Waals surface area contributed by atoms with E-state index < -0.39 is 0 Å². The standard InChI is InChI=1S/C17H19N3O4/c1-11-12(9-19-24-11)17(21)20-10-14(16-13(20)5-4-8-22-16)23-15-6-2-3-7-18-15/h2-3,6-7,9,13-14,16H,4-5,8,10H2,1H3/t13-,14+,16+/m0/s1. The van der Waals surface area contributed by atoms with E-state index in [4.69, 9.17) is 14.0 Å². The molecule has 2 aromatic rings. The van der Waals surface area contributed by atoms with Crippen LogP contribution in [-0.4, -0.2) is 52.3 Å². The number of carbonyl (C=O) groups is 1. The Morgan fingerprint density at radius 1 is 1.42 bits per heavy atom. The third-order valence-corrected chi connectivity index (χ3v) is 4.63. The lowest BCUT2D eigenvalue weighted by molar-refractivity contribution is -0.0455. The average molecular weight is 329 g/mol. The van der Waals surface area contributed by atoms with Crippen LogP contribution in [0.4, 0.5) is 0 Å². The summed E-state index contributed by atoms with van der Waals surface area (Å²) in [5.41, 5.74) is 0.498. The van der Waals surface area contributed by atoms with Crippen molar-refractivity contribution < 1.29 is 18.8 Å². The summed E-state index contributed by atoms with van der Waals surface area (Å²) in [6.45, 7) is 2.90. The number of hydrogen-bond donors (Lipinski definition) is 0. The molecule has 0 aromatic carbocycles. The molecular weight excluding hydrogens is 310 g/mol. The largest absolute Gasteiger partial charge is 0.470 e. The number of nitrogens with zero attached hydrogens (tertiary/aromatic N) is 3. The molecule has 0 spiro atoms. The zero-order valence-corrected chi connectivity index (χ0v) is 13.4. The van der Waals surface area contributed by atoms with Gasteiger partial charge in [0, 0.05) is 18.9 Å². The molecule has 126 valence electrons. The molecule has 0 bridgehead atoms. The SMILES string of the molecule is Cc1oncc1C(=O)N1C[C@@H](Oc2ccccn2)[C@@H]2OCCC[C@@H]21. The van der Waals surface area contributed by atoms with Gasteiger partial charge in [-0.3, -0.25) is 4.79 Å². The first-order valence-corrected chi connectivity index (χ1v) is 8.15. The molecule has 2 saturated heterocycles. The number of hydrogen-bond acceptors (Lipinski definition) is 6. The van der Waals surface area contributed by atoms with Crippen molar-refractivity contribution in [3.8, 4) is 5.88 Å². The monoisotopic (exact) mass is 329 g/mol. The van der Waals surface area contributed by atoms with Gasteiger partial charge in [-0.1, -0.05) is 11.2 Å². The van der Waals surface area contributed by atoms with Crippen molar-refractivity contribution in [1.82, 2.24) is 15.0 Å². The molecule has 24 heavy (non-hydrogen) atoms. The van der Waals surface area contributed by atoms with Crippen LogP contribution in [0, 0.1) is 6.92 Å². The number of rotatable bonds is 3. The van der Waals surface area contributed by atoms with Crippen LogP contribution in [-0.2, 0) is 4.74 Å². The van der Waals surface area contributed by atoms with Crippen LogP contribution in [0.5, 0.6) is 5.88 Å². The van der Waals surface area contributed by atoms with E-state index in [1.807, 2.05) is 23.1 Å². The maximum absolute atomic E-state index is 12.9. The van der Waals surface area contributed by atoms with Crippen LogP contribution in [0.15, 0.2) is 35.1 Å². The molecule has 2 aliphatic heterocycles. The lowest BCUT2D eigenvalue weighted by Crippen LogP contribution is -2.44. The number of ether oxygens (including phenoxy) is 2. The van der Waals surface area contributed by atoms with Crippen LogP contribution < -0.4 is 4.74 Å². The number of aromatic nitrogens is 2. The zero-order chi connectivity index (χ0) is 16.5. The van der Waals surface area contributed by atoms with Crippen LogP contribution >= 0.6 is 0 Å². The number of aryl methyl sites for hydroxylation is 1. The van der Waals surface area contributed by atoms with E-state index in [9.17, 15) is 4.79 Å². The summed E-state index contributed by atoms with van der Waals surface area (Å²) in [7, 11) is 0. The Morgan fingerprint density at radius 2 is 2.33 bits per heavy atom. The molecular formula is C17H19N3O4. The van der Waals surface area contributed by atoms with Gasteiger partial charge >= 0.3 is 0 Å². The van der Waals surface area contributed by atoms with E-state index in [1.54, 1.807) is 13.1 Å². The van der Waals surface area contributed by atoms with E-state index in [1.165, 1.54) is 6.20 Å². The topological polar surface area (TPSA) is 77.7 Å². The quantitative estimate of drug-likeness (QED) is 0.855. The molecule has 0 aliphatic carbocycles. The molecule has 7 heteroatoms. The van der Waals surface area contributed by atoms with Crippen molar-refractivity contribution in [2.75, 3.05) is 13.2 Å². The van der Waals surface area contributed by atoms with Gasteiger partial charge in [0.2, 0.25) is 5.88 Å². The molecule has 2 fully saturated rings. The van der Waals surface area contributed by atoms with Crippen LogP contribution in [0.3, 0.4) is 0 Å². The van der Waals surface area contributed by atoms with Crippen molar-refractivity contribution in [3.05, 3.63) is 41.9 Å². The van der Waals surface area contributed by atoms with E-state index in [0.717, 1.165) is 12.8 Å². The van der Waals surface area contributed by atoms with E-state index >= 15 is 0 Å². The molecule has 1 amide bonds. The second-order valence-electron chi connectivity index (χ2n) is 6.12. The summed E-state index contributed by atoms with van der Waals surface area (Å²) in [5.74, 6) is 0.995. The first kappa shape index (κ1) is 15.1. The summed E-state index contributed by atoms with van der Waals surface area (Å²) in [6, 6.07) is 5.53. The maximum atomic E-state index is 12.9. The van der Waals surface area contributed by atoms with Crippen molar-refractivity contribution in [2.24, 2.45) is 0 Å². The fourth-order valence-corrected chi connectivity index (χ4v) is 3.48. The molecule has 0 radical (unpaired) electrons. The van der Waals surface area contributed by atoms with Crippen LogP contribution in [0.25, 0.3) is 0 Å². The third-order valence-electron chi connectivity index (χ3n) is 4.63. The van der Waals surface area contributed by atoms with Gasteiger partial charge in [-0.05, 0) is 25.8 Å². The van der Waals surface area contributed by atoms with Gasteiger partial charge < -0.3 is 18.9 Å². The summed E-state index contributed by atoms with van der Waals surface area (Å²) in [5, 5.41) is 3.71. The molecule has 7 nitrogen and oxygen atoms in total. The van der Waals surface area contributed by atoms with Gasteiger partial charge in [-0.2, -0.15) is 0 Å². The molecule has 2 aromatic heterocycles. The summed E-state index contributed by atoms with van der Waals surface area (Å²) in [6.07, 6.45) is 4.64. The van der Waals surface area contributed by atoms with E-state index in [0.29, 0.717) is 30.4 Å². The predicted molar refractivity (Wildman–Crippen MR) is 83.7 cm³/mol. The fraction of sp³-hybridized carbons (Fsp3) is 0.471. The van der Waals surface area contributed by atoms with Gasteiger partial charge in [0.1, 0.15) is 23.5 Å². The molecule has 4 rings (SSSR count). The Bertz CT molecular complexity index is 718. The second kappa shape index (κ2) is 6.24. The first-order valence-electron chi connectivity index (χ1n) is 8.15. The summed E-state index contributed by atoms with van der Waals surface area (Å²) >= 11 is 0. The minimum atomic E-state index is -0.227. The lowest BCUT2D eigenvalue weighted by Gasteiger charge is -2.31. The van der Waals surface area contributed by atoms with E-state index in [-0.39, 0.29) is 24.2 Å². The minimum Gasteiger partial charge on any atom is -0.470 e. The maximum Gasteiger partial charge on any atom is 0.259 e. The number of carbonyl (C=O) groups excluding carboxylic acids is 1. The number of fused-ring (bicyclic) bond motifs is 1. The third kappa shape index (κ3) is 2.65. The fourth-order valence-electron chi connectivity index (χ4n) is 3.48. The second-order valence-corrected chi connectivity index (χ2v) is 6.12. The number of pyridine rings is 1. The van der Waals surface area contributed by atoms with Gasteiger partial charge in [0.15, 0.2) is 0 Å². The minimum absolute atomic E-state index is 0.00858. The van der Waals surface area contributed by atoms with Crippen molar-refractivity contribution >= 4 is 5.91 Å². The van der Waals surface area contributed by atoms with Gasteiger partial charge in [-0.15, -0.1) is 0 Å². The Morgan fingerprint density at radius 3 is 3.08 bits per heavy atom. The average Bonchev–Trinajstić information content (AvgIpc) is 3.20. The van der Waals surface area contributed by atoms with Crippen LogP contribution in [0.2, 0.25) is 0 Å². The highest BCUT2D eigenvalue weighted by Gasteiger charge is 2.48. The lowest BCUT2D eigenvalue weighted by atomic mass is 10.0. The molecule has 0 N–H and O–H groups in total. The van der Waals surface area contributed by atoms with Gasteiger partial charge in [0.25, 0.3) is 5.91 Å². The Labute approximate surface area is 139 Å². The Kier molecular flexibility index (Phi) is 3.93. The molecule has 2 aliphatic rings. The molecule has 0 unspecified atom stereocenters. The Balaban J connectivity index is 1.57. The smallest absolute Gasteiger partial charge is 0.259 e. The highest BCUT2D eigenvalue weighted by Crippen LogP contribution is 2.32. The normalized spacial score (nSPS) is 26.2. The molecule has 0 saturated carbocycles. The van der Waals surface area contributed by atoms with Crippen molar-refractivity contribution in [2.45, 2.75) is 38.0 Å². The van der Waals surface area contributed by atoms with Crippen LogP contribution in [0.1, 0.15) is 29.0 Å². The number of likely N-dealkylation sites (tertiary alicyclic amines) is 1. The predicted octanol–water partition coefficient (Wildman–Crippen LogP) is 1.83. The highest BCUT2D eigenvalue weighted by molar-refractivity contribution is 5.95. The van der Waals surface area contributed by atoms with Gasteiger partial charge in [0.05, 0.1) is 18.8 Å². The van der Waals surface area contributed by atoms with Gasteiger partial charge in [-0.25, -0.2) is 4.98 Å². The molecule has 3 atom stereocenters.